The van der Waals surface area contributed by atoms with E-state index in [9.17, 15) is 14.7 Å². The Hall–Kier alpha value is -3.33. The first-order valence-corrected chi connectivity index (χ1v) is 8.97. The number of carbonyl (C=O) groups excluding carboxylic acids is 1. The standard InChI is InChI=1S/C22H25N3O3/c1-15-13-18(12-11-17-9-7-6-8-10-17)23-19(14-15)24-20(26)16(2)25(21(27)28)22(3,4)5/h6-10,13-14,16H,1-5H3,(H,27,28)(H,23,24,26). The molecule has 6 heteroatoms. The molecule has 2 N–H and O–H groups in total. The molecule has 0 bridgehead atoms. The molecule has 1 heterocycles. The third kappa shape index (κ3) is 5.58. The molecule has 6 nitrogen and oxygen atoms in total. The summed E-state index contributed by atoms with van der Waals surface area (Å²) < 4.78 is 0. The van der Waals surface area contributed by atoms with Gasteiger partial charge in [-0.3, -0.25) is 9.69 Å². The first kappa shape index (κ1) is 21.0. The van der Waals surface area contributed by atoms with Gasteiger partial charge in [-0.2, -0.15) is 0 Å². The summed E-state index contributed by atoms with van der Waals surface area (Å²) in [5, 5.41) is 12.2. The topological polar surface area (TPSA) is 82.5 Å². The van der Waals surface area contributed by atoms with E-state index in [1.54, 1.807) is 33.8 Å². The summed E-state index contributed by atoms with van der Waals surface area (Å²) in [4.78, 5) is 29.7. The summed E-state index contributed by atoms with van der Waals surface area (Å²) in [6.45, 7) is 8.67. The van der Waals surface area contributed by atoms with E-state index >= 15 is 0 Å². The van der Waals surface area contributed by atoms with Crippen LogP contribution in [0.4, 0.5) is 10.6 Å². The van der Waals surface area contributed by atoms with Gasteiger partial charge < -0.3 is 10.4 Å². The molecule has 1 aromatic carbocycles. The van der Waals surface area contributed by atoms with Crippen molar-refractivity contribution >= 4 is 17.8 Å². The number of anilines is 1. The predicted octanol–water partition coefficient (Wildman–Crippen LogP) is 3.90. The van der Waals surface area contributed by atoms with E-state index in [2.05, 4.69) is 22.1 Å². The van der Waals surface area contributed by atoms with Crippen LogP contribution in [0.5, 0.6) is 0 Å². The fourth-order valence-corrected chi connectivity index (χ4v) is 2.83. The van der Waals surface area contributed by atoms with E-state index in [0.29, 0.717) is 11.5 Å². The Morgan fingerprint density at radius 1 is 1.14 bits per heavy atom. The third-order valence-electron chi connectivity index (χ3n) is 4.03. The van der Waals surface area contributed by atoms with Crippen LogP contribution in [-0.2, 0) is 4.79 Å². The molecule has 1 atom stereocenters. The van der Waals surface area contributed by atoms with Crippen molar-refractivity contribution in [2.24, 2.45) is 0 Å². The highest BCUT2D eigenvalue weighted by Gasteiger charge is 2.34. The first-order valence-electron chi connectivity index (χ1n) is 8.97. The number of amides is 2. The van der Waals surface area contributed by atoms with Crippen LogP contribution in [0.15, 0.2) is 42.5 Å². The second-order valence-corrected chi connectivity index (χ2v) is 7.52. The Labute approximate surface area is 165 Å². The highest BCUT2D eigenvalue weighted by molar-refractivity contribution is 5.95. The highest BCUT2D eigenvalue weighted by atomic mass is 16.4. The van der Waals surface area contributed by atoms with Crippen molar-refractivity contribution in [2.45, 2.75) is 46.2 Å². The van der Waals surface area contributed by atoms with Crippen molar-refractivity contribution in [1.29, 1.82) is 0 Å². The van der Waals surface area contributed by atoms with Crippen LogP contribution in [0.1, 0.15) is 44.5 Å². The second kappa shape index (κ2) is 8.57. The SMILES string of the molecule is Cc1cc(C#Cc2ccccc2)nc(NC(=O)C(C)N(C(=O)O)C(C)(C)C)c1. The van der Waals surface area contributed by atoms with E-state index in [1.807, 2.05) is 43.3 Å². The van der Waals surface area contributed by atoms with Crippen LogP contribution in [0.2, 0.25) is 0 Å². The number of pyridine rings is 1. The van der Waals surface area contributed by atoms with Crippen molar-refractivity contribution in [3.63, 3.8) is 0 Å². The number of nitrogens with one attached hydrogen (secondary N) is 1. The van der Waals surface area contributed by atoms with E-state index in [-0.39, 0.29) is 0 Å². The number of rotatable bonds is 3. The van der Waals surface area contributed by atoms with Crippen molar-refractivity contribution < 1.29 is 14.7 Å². The van der Waals surface area contributed by atoms with Crippen LogP contribution in [0, 0.1) is 18.8 Å². The quantitative estimate of drug-likeness (QED) is 0.793. The monoisotopic (exact) mass is 379 g/mol. The number of carbonyl (C=O) groups is 2. The normalized spacial score (nSPS) is 11.8. The zero-order chi connectivity index (χ0) is 20.9. The third-order valence-corrected chi connectivity index (χ3v) is 4.03. The van der Waals surface area contributed by atoms with Gasteiger partial charge in [-0.05, 0) is 70.4 Å². The maximum absolute atomic E-state index is 12.6. The van der Waals surface area contributed by atoms with Crippen LogP contribution in [-0.4, -0.2) is 38.6 Å². The van der Waals surface area contributed by atoms with Gasteiger partial charge in [-0.1, -0.05) is 24.1 Å². The van der Waals surface area contributed by atoms with E-state index < -0.39 is 23.6 Å². The average Bonchev–Trinajstić information content (AvgIpc) is 2.58. The number of benzene rings is 1. The van der Waals surface area contributed by atoms with Crippen molar-refractivity contribution in [3.05, 3.63) is 59.3 Å². The van der Waals surface area contributed by atoms with E-state index in [0.717, 1.165) is 16.0 Å². The van der Waals surface area contributed by atoms with Gasteiger partial charge in [0.2, 0.25) is 5.91 Å². The molecule has 28 heavy (non-hydrogen) atoms. The maximum Gasteiger partial charge on any atom is 0.408 e. The summed E-state index contributed by atoms with van der Waals surface area (Å²) in [5.41, 5.74) is 1.57. The molecule has 0 spiro atoms. The van der Waals surface area contributed by atoms with Crippen LogP contribution in [0.25, 0.3) is 0 Å². The Kier molecular flexibility index (Phi) is 6.42. The van der Waals surface area contributed by atoms with Crippen molar-refractivity contribution in [2.75, 3.05) is 5.32 Å². The molecule has 0 saturated carbocycles. The molecule has 2 rings (SSSR count). The number of nitrogens with zero attached hydrogens (tertiary/aromatic N) is 2. The molecule has 1 aromatic heterocycles. The van der Waals surface area contributed by atoms with Gasteiger partial charge >= 0.3 is 6.09 Å². The Morgan fingerprint density at radius 2 is 1.79 bits per heavy atom. The lowest BCUT2D eigenvalue weighted by Gasteiger charge is -2.37. The number of aromatic nitrogens is 1. The van der Waals surface area contributed by atoms with Gasteiger partial charge in [0, 0.05) is 11.1 Å². The van der Waals surface area contributed by atoms with Crippen LogP contribution >= 0.6 is 0 Å². The summed E-state index contributed by atoms with van der Waals surface area (Å²) >= 11 is 0. The van der Waals surface area contributed by atoms with E-state index in [4.69, 9.17) is 0 Å². The summed E-state index contributed by atoms with van der Waals surface area (Å²) in [7, 11) is 0. The number of hydrogen-bond donors (Lipinski definition) is 2. The minimum atomic E-state index is -1.15. The number of hydrogen-bond acceptors (Lipinski definition) is 3. The van der Waals surface area contributed by atoms with Gasteiger partial charge in [0.25, 0.3) is 0 Å². The van der Waals surface area contributed by atoms with Gasteiger partial charge in [0.05, 0.1) is 0 Å². The lowest BCUT2D eigenvalue weighted by atomic mass is 10.0. The largest absolute Gasteiger partial charge is 0.465 e. The number of carboxylic acid groups (broad SMARTS) is 1. The fraction of sp³-hybridized carbons (Fsp3) is 0.318. The lowest BCUT2D eigenvalue weighted by molar-refractivity contribution is -0.121. The van der Waals surface area contributed by atoms with E-state index in [1.165, 1.54) is 0 Å². The predicted molar refractivity (Wildman–Crippen MR) is 109 cm³/mol. The average molecular weight is 379 g/mol. The Bertz CT molecular complexity index is 922. The van der Waals surface area contributed by atoms with Gasteiger partial charge in [0.15, 0.2) is 0 Å². The fourth-order valence-electron chi connectivity index (χ4n) is 2.83. The Morgan fingerprint density at radius 3 is 2.36 bits per heavy atom. The summed E-state index contributed by atoms with van der Waals surface area (Å²) in [6, 6.07) is 12.2. The second-order valence-electron chi connectivity index (χ2n) is 7.52. The van der Waals surface area contributed by atoms with Crippen molar-refractivity contribution in [3.8, 4) is 11.8 Å². The first-order chi connectivity index (χ1) is 13.1. The molecule has 1 unspecified atom stereocenters. The molecular formula is C22H25N3O3. The molecule has 146 valence electrons. The maximum atomic E-state index is 12.6. The molecule has 0 fully saturated rings. The lowest BCUT2D eigenvalue weighted by Crippen LogP contribution is -2.54. The molecule has 0 aliphatic heterocycles. The van der Waals surface area contributed by atoms with Crippen LogP contribution in [0.3, 0.4) is 0 Å². The zero-order valence-electron chi connectivity index (χ0n) is 16.8. The van der Waals surface area contributed by atoms with Crippen molar-refractivity contribution in [1.82, 2.24) is 9.88 Å². The smallest absolute Gasteiger partial charge is 0.408 e. The molecule has 2 amide bonds. The molecular weight excluding hydrogens is 354 g/mol. The Balaban J connectivity index is 2.22. The zero-order valence-corrected chi connectivity index (χ0v) is 16.8. The summed E-state index contributed by atoms with van der Waals surface area (Å²) in [5.74, 6) is 5.92. The molecule has 0 saturated heterocycles. The molecule has 2 aromatic rings. The molecule has 0 radical (unpaired) electrons. The van der Waals surface area contributed by atoms with Crippen LogP contribution < -0.4 is 5.32 Å². The minimum Gasteiger partial charge on any atom is -0.465 e. The molecule has 0 aliphatic carbocycles. The number of aryl methyl sites for hydroxylation is 1. The minimum absolute atomic E-state index is 0.341. The summed E-state index contributed by atoms with van der Waals surface area (Å²) in [6.07, 6.45) is -1.15. The molecule has 0 aliphatic rings. The van der Waals surface area contributed by atoms with Gasteiger partial charge in [-0.15, -0.1) is 0 Å². The van der Waals surface area contributed by atoms with Gasteiger partial charge in [-0.25, -0.2) is 9.78 Å². The highest BCUT2D eigenvalue weighted by Crippen LogP contribution is 2.19. The van der Waals surface area contributed by atoms with Gasteiger partial charge in [0.1, 0.15) is 17.6 Å².